The zero-order valence-corrected chi connectivity index (χ0v) is 32.4. The standard InChI is InChI=1S/C40H55N7O8/c1-40(2,3)55-38(53)42-28(17-19-31(41)48)35(50)44-33(26-12-6-5-7-13-26)37(52)46-23-21-25(22-24-46)11-8-9-14-27-15-10-16-29-34(27)45(4)39(54)47(29)30-18-20-32(49)43-36(30)51/h10,15-16,25-26,28,30,33H,5-8,11-13,17-24H2,1-4H3,(H2,41,48)(H,42,53)(H,44,50)(H,43,49,51)/t28-,30?,33-/m0/s1. The van der Waals surface area contributed by atoms with Gasteiger partial charge in [-0.25, -0.2) is 9.59 Å². The van der Waals surface area contributed by atoms with Crippen molar-refractivity contribution in [2.75, 3.05) is 13.1 Å². The van der Waals surface area contributed by atoms with Gasteiger partial charge in [-0.3, -0.25) is 38.4 Å². The van der Waals surface area contributed by atoms with E-state index in [1.54, 1.807) is 33.9 Å². The van der Waals surface area contributed by atoms with Gasteiger partial charge in [0.2, 0.25) is 29.5 Å². The van der Waals surface area contributed by atoms with Crippen molar-refractivity contribution >= 4 is 46.7 Å². The molecule has 1 aliphatic carbocycles. The van der Waals surface area contributed by atoms with Crippen LogP contribution in [0.15, 0.2) is 23.0 Å². The van der Waals surface area contributed by atoms with Crippen molar-refractivity contribution in [1.29, 1.82) is 0 Å². The number of ether oxygens (including phenoxy) is 1. The number of amides is 6. The largest absolute Gasteiger partial charge is 0.444 e. The predicted octanol–water partition coefficient (Wildman–Crippen LogP) is 2.91. The van der Waals surface area contributed by atoms with Gasteiger partial charge in [0.1, 0.15) is 23.7 Å². The predicted molar refractivity (Wildman–Crippen MR) is 204 cm³/mol. The molecule has 1 unspecified atom stereocenters. The van der Waals surface area contributed by atoms with E-state index in [2.05, 4.69) is 27.8 Å². The molecule has 2 saturated heterocycles. The first-order valence-corrected chi connectivity index (χ1v) is 19.5. The number of para-hydroxylation sites is 1. The SMILES string of the molecule is Cn1c(=O)n(C2CCC(=O)NC2=O)c2cccc(C#CCCC3CCN(C(=O)[C@@H](NC(=O)[C@H](CCC(N)=O)NC(=O)OC(C)(C)C)C4CCCCC4)CC3)c21. The molecule has 2 aliphatic heterocycles. The van der Waals surface area contributed by atoms with Gasteiger partial charge in [0.15, 0.2) is 0 Å². The quantitative estimate of drug-likeness (QED) is 0.198. The average molecular weight is 762 g/mol. The van der Waals surface area contributed by atoms with Crippen LogP contribution in [0.25, 0.3) is 11.0 Å². The summed E-state index contributed by atoms with van der Waals surface area (Å²) in [6.45, 7) is 6.22. The number of likely N-dealkylation sites (tertiary alicyclic amines) is 1. The highest BCUT2D eigenvalue weighted by molar-refractivity contribution is 6.00. The van der Waals surface area contributed by atoms with Crippen molar-refractivity contribution in [2.45, 2.75) is 128 Å². The second-order valence-corrected chi connectivity index (χ2v) is 16.0. The molecule has 5 N–H and O–H groups in total. The van der Waals surface area contributed by atoms with Crippen LogP contribution in [0.3, 0.4) is 0 Å². The summed E-state index contributed by atoms with van der Waals surface area (Å²) in [7, 11) is 1.65. The van der Waals surface area contributed by atoms with Crippen molar-refractivity contribution in [3.63, 3.8) is 0 Å². The summed E-state index contributed by atoms with van der Waals surface area (Å²) in [5, 5.41) is 7.86. The van der Waals surface area contributed by atoms with Crippen molar-refractivity contribution in [3.05, 3.63) is 34.2 Å². The van der Waals surface area contributed by atoms with Crippen LogP contribution in [0, 0.1) is 23.7 Å². The summed E-state index contributed by atoms with van der Waals surface area (Å²) in [4.78, 5) is 91.3. The Kier molecular flexibility index (Phi) is 13.4. The van der Waals surface area contributed by atoms with E-state index >= 15 is 0 Å². The van der Waals surface area contributed by atoms with Gasteiger partial charge in [0, 0.05) is 39.4 Å². The lowest BCUT2D eigenvalue weighted by Crippen LogP contribution is -2.58. The zero-order valence-electron chi connectivity index (χ0n) is 32.4. The number of aromatic nitrogens is 2. The van der Waals surface area contributed by atoms with E-state index in [4.69, 9.17) is 10.5 Å². The number of nitrogens with one attached hydrogen (secondary N) is 3. The average Bonchev–Trinajstić information content (AvgIpc) is 3.39. The minimum atomic E-state index is -1.10. The van der Waals surface area contributed by atoms with E-state index in [1.807, 2.05) is 17.0 Å². The Morgan fingerprint density at radius 3 is 2.36 bits per heavy atom. The number of benzene rings is 1. The number of aryl methyl sites for hydroxylation is 1. The molecule has 2 aromatic rings. The summed E-state index contributed by atoms with van der Waals surface area (Å²) in [5.41, 5.74) is 6.13. The number of primary amides is 1. The molecule has 0 bridgehead atoms. The smallest absolute Gasteiger partial charge is 0.408 e. The number of imide groups is 1. The zero-order chi connectivity index (χ0) is 39.9. The second-order valence-electron chi connectivity index (χ2n) is 16.0. The van der Waals surface area contributed by atoms with Crippen molar-refractivity contribution in [2.24, 2.45) is 24.6 Å². The van der Waals surface area contributed by atoms with Crippen LogP contribution < -0.4 is 27.4 Å². The molecular formula is C40H55N7O8. The van der Waals surface area contributed by atoms with Crippen LogP contribution in [-0.4, -0.2) is 80.4 Å². The highest BCUT2D eigenvalue weighted by Gasteiger charge is 2.37. The summed E-state index contributed by atoms with van der Waals surface area (Å²) < 4.78 is 8.29. The van der Waals surface area contributed by atoms with Crippen LogP contribution in [0.1, 0.15) is 116 Å². The number of nitrogens with two attached hydrogens (primary N) is 1. The number of fused-ring (bicyclic) bond motifs is 1. The monoisotopic (exact) mass is 761 g/mol. The van der Waals surface area contributed by atoms with Gasteiger partial charge < -0.3 is 26.0 Å². The van der Waals surface area contributed by atoms with Crippen LogP contribution in [0.4, 0.5) is 4.79 Å². The van der Waals surface area contributed by atoms with E-state index < -0.39 is 47.5 Å². The van der Waals surface area contributed by atoms with Gasteiger partial charge in [0.05, 0.1) is 16.6 Å². The molecule has 55 heavy (non-hydrogen) atoms. The summed E-state index contributed by atoms with van der Waals surface area (Å²) in [5.74, 6) is 4.70. The summed E-state index contributed by atoms with van der Waals surface area (Å²) in [6.07, 6.45) is 7.13. The van der Waals surface area contributed by atoms with E-state index in [9.17, 15) is 33.6 Å². The Labute approximate surface area is 321 Å². The van der Waals surface area contributed by atoms with Gasteiger partial charge in [-0.05, 0) is 89.7 Å². The molecule has 15 nitrogen and oxygen atoms in total. The number of alkyl carbamates (subject to hydrolysis) is 1. The van der Waals surface area contributed by atoms with E-state index in [0.29, 0.717) is 42.0 Å². The third-order valence-corrected chi connectivity index (χ3v) is 10.8. The Morgan fingerprint density at radius 2 is 1.71 bits per heavy atom. The number of imidazole rings is 1. The first-order valence-electron chi connectivity index (χ1n) is 19.5. The maximum atomic E-state index is 14.1. The number of hydrogen-bond acceptors (Lipinski definition) is 8. The fourth-order valence-electron chi connectivity index (χ4n) is 7.95. The Hall–Kier alpha value is -5.13. The Balaban J connectivity index is 1.20. The molecule has 1 aromatic heterocycles. The topological polar surface area (TPSA) is 204 Å². The number of carbonyl (C=O) groups excluding carboxylic acids is 6. The minimum absolute atomic E-state index is 0.0251. The van der Waals surface area contributed by atoms with E-state index in [1.165, 1.54) is 9.13 Å². The maximum Gasteiger partial charge on any atom is 0.408 e. The molecule has 3 heterocycles. The van der Waals surface area contributed by atoms with Gasteiger partial charge in [-0.1, -0.05) is 37.2 Å². The van der Waals surface area contributed by atoms with Crippen LogP contribution in [0.2, 0.25) is 0 Å². The minimum Gasteiger partial charge on any atom is -0.444 e. The van der Waals surface area contributed by atoms with Crippen molar-refractivity contribution in [3.8, 4) is 11.8 Å². The van der Waals surface area contributed by atoms with E-state index in [0.717, 1.165) is 51.4 Å². The van der Waals surface area contributed by atoms with Gasteiger partial charge in [-0.2, -0.15) is 0 Å². The highest BCUT2D eigenvalue weighted by Crippen LogP contribution is 2.30. The first-order chi connectivity index (χ1) is 26.1. The van der Waals surface area contributed by atoms with E-state index in [-0.39, 0.29) is 49.1 Å². The third kappa shape index (κ3) is 10.6. The molecule has 0 radical (unpaired) electrons. The highest BCUT2D eigenvalue weighted by atomic mass is 16.6. The van der Waals surface area contributed by atoms with Crippen LogP contribution >= 0.6 is 0 Å². The fourth-order valence-corrected chi connectivity index (χ4v) is 7.95. The molecule has 5 rings (SSSR count). The summed E-state index contributed by atoms with van der Waals surface area (Å²) >= 11 is 0. The number of piperidine rings is 2. The van der Waals surface area contributed by atoms with Gasteiger partial charge in [-0.15, -0.1) is 0 Å². The van der Waals surface area contributed by atoms with Crippen LogP contribution in [0.5, 0.6) is 0 Å². The molecule has 15 heteroatoms. The number of hydrogen-bond donors (Lipinski definition) is 4. The van der Waals surface area contributed by atoms with Crippen molar-refractivity contribution in [1.82, 2.24) is 30.0 Å². The molecule has 1 saturated carbocycles. The molecule has 1 aromatic carbocycles. The Morgan fingerprint density at radius 1 is 1.00 bits per heavy atom. The molecule has 0 spiro atoms. The molecule has 6 amide bonds. The molecular weight excluding hydrogens is 706 g/mol. The molecule has 298 valence electrons. The molecule has 3 fully saturated rings. The lowest BCUT2D eigenvalue weighted by Gasteiger charge is -2.38. The fraction of sp³-hybridized carbons (Fsp3) is 0.625. The van der Waals surface area contributed by atoms with Crippen molar-refractivity contribution < 1.29 is 33.5 Å². The second kappa shape index (κ2) is 18.0. The first kappa shape index (κ1) is 41.0. The Bertz CT molecular complexity index is 1900. The number of rotatable bonds is 11. The maximum absolute atomic E-state index is 14.1. The lowest BCUT2D eigenvalue weighted by atomic mass is 9.82. The number of nitrogens with zero attached hydrogens (tertiary/aromatic N) is 3. The molecule has 3 atom stereocenters. The summed E-state index contributed by atoms with van der Waals surface area (Å²) in [6, 6.07) is 2.82. The normalized spacial score (nSPS) is 19.5. The van der Waals surface area contributed by atoms with Gasteiger partial charge >= 0.3 is 11.8 Å². The third-order valence-electron chi connectivity index (χ3n) is 10.8. The van der Waals surface area contributed by atoms with Crippen LogP contribution in [-0.2, 0) is 35.8 Å². The molecule has 3 aliphatic rings. The van der Waals surface area contributed by atoms with Gasteiger partial charge in [0.25, 0.3) is 0 Å². The lowest BCUT2D eigenvalue weighted by molar-refractivity contribution is -0.140. The number of carbonyl (C=O) groups is 6.